The second-order valence-corrected chi connectivity index (χ2v) is 10.9. The molecule has 3 heterocycles. The summed E-state index contributed by atoms with van der Waals surface area (Å²) in [6.07, 6.45) is 0. The van der Waals surface area contributed by atoms with E-state index in [2.05, 4.69) is 20.4 Å². The maximum absolute atomic E-state index is 13.6. The van der Waals surface area contributed by atoms with E-state index < -0.39 is 23.0 Å². The van der Waals surface area contributed by atoms with Gasteiger partial charge >= 0.3 is 5.97 Å². The zero-order valence-electron chi connectivity index (χ0n) is 24.2. The molecule has 3 aromatic carbocycles. The van der Waals surface area contributed by atoms with Crippen LogP contribution < -0.4 is 11.1 Å². The van der Waals surface area contributed by atoms with Crippen LogP contribution in [0.4, 0.5) is 0 Å². The Kier molecular flexibility index (Phi) is 7.71. The number of halogens is 1. The topological polar surface area (TPSA) is 137 Å². The van der Waals surface area contributed by atoms with Crippen molar-refractivity contribution in [2.75, 3.05) is 6.61 Å². The Bertz CT molecular complexity index is 1980. The van der Waals surface area contributed by atoms with Crippen LogP contribution in [-0.2, 0) is 4.74 Å². The Balaban J connectivity index is 1.55. The number of carbonyl (C=O) groups excluding carboxylic acids is 1. The first kappa shape index (κ1) is 28.8. The quantitative estimate of drug-likeness (QED) is 0.139. The number of esters is 1. The third-order valence-electron chi connectivity index (χ3n) is 7.55. The smallest absolute Gasteiger partial charge is 0.339 e. The van der Waals surface area contributed by atoms with Gasteiger partial charge in [-0.1, -0.05) is 71.3 Å². The van der Waals surface area contributed by atoms with E-state index in [1.165, 1.54) is 0 Å². The van der Waals surface area contributed by atoms with Crippen molar-refractivity contribution < 1.29 is 13.9 Å². The zero-order chi connectivity index (χ0) is 31.0. The second kappa shape index (κ2) is 11.8. The van der Waals surface area contributed by atoms with E-state index in [1.54, 1.807) is 37.3 Å². The SMILES string of the molecule is CCOC(=O)c1cc(-c2ccc(C(c3c(-c4ccc(C)cc4)[nH][nH]c3=O)c3c(-c4ccc(C)cc4)[nH][nH]c3=O)o2)ccc1Cl. The highest BCUT2D eigenvalue weighted by molar-refractivity contribution is 6.33. The Morgan fingerprint density at radius 1 is 0.750 bits per heavy atom. The standard InChI is InChI=1S/C34H29ClN4O5/c1-4-43-34(42)23-17-22(13-14-24(23)35)25-15-16-26(44-25)27(28-30(36-38-32(28)40)20-9-5-18(2)6-10-20)29-31(37-39-33(29)41)21-11-7-19(3)8-12-21/h5-17,27H,4H2,1-3H3,(H2,36,38,40)(H2,37,39,41). The number of H-pyrrole nitrogens is 4. The van der Waals surface area contributed by atoms with Crippen LogP contribution in [0.2, 0.25) is 5.02 Å². The molecule has 9 nitrogen and oxygen atoms in total. The number of nitrogens with one attached hydrogen (secondary N) is 4. The van der Waals surface area contributed by atoms with Crippen molar-refractivity contribution in [3.63, 3.8) is 0 Å². The number of hydrogen-bond donors (Lipinski definition) is 4. The van der Waals surface area contributed by atoms with Crippen LogP contribution in [0, 0.1) is 13.8 Å². The Morgan fingerprint density at radius 3 is 1.80 bits per heavy atom. The average Bonchev–Trinajstić information content (AvgIpc) is 3.75. The van der Waals surface area contributed by atoms with Crippen molar-refractivity contribution in [1.82, 2.24) is 20.4 Å². The maximum Gasteiger partial charge on any atom is 0.339 e. The van der Waals surface area contributed by atoms with E-state index in [0.717, 1.165) is 22.3 Å². The van der Waals surface area contributed by atoms with Crippen LogP contribution in [0.5, 0.6) is 0 Å². The molecule has 222 valence electrons. The summed E-state index contributed by atoms with van der Waals surface area (Å²) in [5.74, 6) is -0.699. The van der Waals surface area contributed by atoms with Crippen LogP contribution >= 0.6 is 11.6 Å². The van der Waals surface area contributed by atoms with Gasteiger partial charge < -0.3 is 9.15 Å². The number of ether oxygens (including phenoxy) is 1. The number of aromatic nitrogens is 4. The molecule has 6 aromatic rings. The Morgan fingerprint density at radius 2 is 1.27 bits per heavy atom. The molecule has 44 heavy (non-hydrogen) atoms. The van der Waals surface area contributed by atoms with Crippen LogP contribution in [0.25, 0.3) is 33.8 Å². The molecule has 10 heteroatoms. The van der Waals surface area contributed by atoms with Crippen LogP contribution in [0.3, 0.4) is 0 Å². The molecule has 0 saturated carbocycles. The molecule has 0 atom stereocenters. The van der Waals surface area contributed by atoms with Gasteiger partial charge in [-0.05, 0) is 62.2 Å². The first-order valence-corrected chi connectivity index (χ1v) is 14.4. The predicted molar refractivity (Wildman–Crippen MR) is 169 cm³/mol. The summed E-state index contributed by atoms with van der Waals surface area (Å²) in [5.41, 5.74) is 5.34. The summed E-state index contributed by atoms with van der Waals surface area (Å²) >= 11 is 6.30. The zero-order valence-corrected chi connectivity index (χ0v) is 25.0. The number of carbonyl (C=O) groups is 1. The molecule has 0 fully saturated rings. The molecule has 0 amide bonds. The predicted octanol–water partition coefficient (Wildman–Crippen LogP) is 6.94. The van der Waals surface area contributed by atoms with Gasteiger partial charge in [-0.3, -0.25) is 30.0 Å². The Hall–Kier alpha value is -5.28. The minimum atomic E-state index is -0.918. The number of aryl methyl sites for hydroxylation is 2. The molecule has 0 aliphatic carbocycles. The maximum atomic E-state index is 13.6. The van der Waals surface area contributed by atoms with Gasteiger partial charge in [0.15, 0.2) is 0 Å². The minimum Gasteiger partial charge on any atom is -0.462 e. The van der Waals surface area contributed by atoms with Gasteiger partial charge in [0.1, 0.15) is 11.5 Å². The lowest BCUT2D eigenvalue weighted by molar-refractivity contribution is 0.0526. The first-order valence-electron chi connectivity index (χ1n) is 14.1. The van der Waals surface area contributed by atoms with E-state index >= 15 is 0 Å². The summed E-state index contributed by atoms with van der Waals surface area (Å²) in [5, 5.41) is 11.7. The van der Waals surface area contributed by atoms with Crippen LogP contribution in [-0.4, -0.2) is 33.0 Å². The lowest BCUT2D eigenvalue weighted by Gasteiger charge is -2.15. The Labute approximate surface area is 256 Å². The summed E-state index contributed by atoms with van der Waals surface area (Å²) in [6, 6.07) is 23.8. The number of aromatic amines is 4. The lowest BCUT2D eigenvalue weighted by atomic mass is 9.86. The largest absolute Gasteiger partial charge is 0.462 e. The van der Waals surface area contributed by atoms with Gasteiger partial charge in [0, 0.05) is 5.56 Å². The molecule has 6 rings (SSSR count). The molecule has 0 saturated heterocycles. The van der Waals surface area contributed by atoms with E-state index in [1.807, 2.05) is 62.4 Å². The average molecular weight is 609 g/mol. The monoisotopic (exact) mass is 608 g/mol. The van der Waals surface area contributed by atoms with E-state index in [9.17, 15) is 14.4 Å². The highest BCUT2D eigenvalue weighted by Gasteiger charge is 2.33. The fourth-order valence-electron chi connectivity index (χ4n) is 5.32. The van der Waals surface area contributed by atoms with Crippen LogP contribution in [0.1, 0.15) is 51.2 Å². The summed E-state index contributed by atoms with van der Waals surface area (Å²) < 4.78 is 11.6. The highest BCUT2D eigenvalue weighted by Crippen LogP contribution is 2.40. The fourth-order valence-corrected chi connectivity index (χ4v) is 5.51. The number of rotatable bonds is 8. The van der Waals surface area contributed by atoms with Gasteiger partial charge in [0.2, 0.25) is 0 Å². The minimum absolute atomic E-state index is 0.202. The summed E-state index contributed by atoms with van der Waals surface area (Å²) in [6.45, 7) is 5.88. The molecular formula is C34H29ClN4O5. The third-order valence-corrected chi connectivity index (χ3v) is 7.87. The van der Waals surface area contributed by atoms with E-state index in [0.29, 0.717) is 39.6 Å². The van der Waals surface area contributed by atoms with Crippen molar-refractivity contribution >= 4 is 17.6 Å². The van der Waals surface area contributed by atoms with Gasteiger partial charge in [-0.15, -0.1) is 0 Å². The molecule has 3 aromatic heterocycles. The van der Waals surface area contributed by atoms with Crippen molar-refractivity contribution in [3.8, 4) is 33.8 Å². The van der Waals surface area contributed by atoms with Crippen LogP contribution in [0.15, 0.2) is 92.9 Å². The number of furan rings is 1. The van der Waals surface area contributed by atoms with Crippen molar-refractivity contribution in [3.05, 3.63) is 138 Å². The molecular weight excluding hydrogens is 580 g/mol. The van der Waals surface area contributed by atoms with Gasteiger partial charge in [0.25, 0.3) is 11.1 Å². The van der Waals surface area contributed by atoms with E-state index in [4.69, 9.17) is 20.8 Å². The van der Waals surface area contributed by atoms with E-state index in [-0.39, 0.29) is 17.2 Å². The highest BCUT2D eigenvalue weighted by atomic mass is 35.5. The molecule has 0 spiro atoms. The van der Waals surface area contributed by atoms with Crippen molar-refractivity contribution in [1.29, 1.82) is 0 Å². The number of benzene rings is 3. The molecule has 0 bridgehead atoms. The molecule has 0 radical (unpaired) electrons. The molecule has 0 unspecified atom stereocenters. The summed E-state index contributed by atoms with van der Waals surface area (Å²) in [7, 11) is 0. The van der Waals surface area contributed by atoms with Gasteiger partial charge in [0.05, 0.1) is 45.6 Å². The normalized spacial score (nSPS) is 11.3. The molecule has 0 aliphatic heterocycles. The van der Waals surface area contributed by atoms with Crippen molar-refractivity contribution in [2.24, 2.45) is 0 Å². The molecule has 0 aliphatic rings. The third kappa shape index (κ3) is 5.33. The number of hydrogen-bond acceptors (Lipinski definition) is 5. The fraction of sp³-hybridized carbons (Fsp3) is 0.147. The molecule has 4 N–H and O–H groups in total. The van der Waals surface area contributed by atoms with Gasteiger partial charge in [-0.2, -0.15) is 0 Å². The second-order valence-electron chi connectivity index (χ2n) is 10.5. The van der Waals surface area contributed by atoms with Gasteiger partial charge in [-0.25, -0.2) is 4.79 Å². The summed E-state index contributed by atoms with van der Waals surface area (Å²) in [4.78, 5) is 39.7. The van der Waals surface area contributed by atoms with Crippen molar-refractivity contribution in [2.45, 2.75) is 26.7 Å². The lowest BCUT2D eigenvalue weighted by Crippen LogP contribution is -2.19. The first-order chi connectivity index (χ1) is 21.2.